The molecule has 0 aliphatic carbocycles. The number of nitrogens with zero attached hydrogens (tertiary/aromatic N) is 1. The third-order valence-electron chi connectivity index (χ3n) is 7.53. The SMILES string of the molecule is O=C(NCc1ccc(Cl)cc1Cl)[C@@H](Cc1ccccc1)N(Cc1ccccc1)C(=O)COc1ccc(S(=O)(=O)Nc2ccc(F)cc2)cc1. The lowest BCUT2D eigenvalue weighted by atomic mass is 10.0. The molecule has 0 fully saturated rings. The van der Waals surface area contributed by atoms with Gasteiger partial charge in [-0.3, -0.25) is 14.3 Å². The van der Waals surface area contributed by atoms with Gasteiger partial charge in [0.1, 0.15) is 17.6 Å². The van der Waals surface area contributed by atoms with Crippen molar-refractivity contribution in [2.75, 3.05) is 11.3 Å². The maximum absolute atomic E-state index is 13.9. The number of nitrogens with one attached hydrogen (secondary N) is 2. The second kappa shape index (κ2) is 16.5. The summed E-state index contributed by atoms with van der Waals surface area (Å²) in [5.41, 5.74) is 2.53. The van der Waals surface area contributed by atoms with Crippen LogP contribution in [0.1, 0.15) is 16.7 Å². The molecule has 8 nitrogen and oxygen atoms in total. The maximum Gasteiger partial charge on any atom is 0.261 e. The molecule has 0 aliphatic heterocycles. The van der Waals surface area contributed by atoms with Crippen molar-refractivity contribution in [1.82, 2.24) is 10.2 Å². The van der Waals surface area contributed by atoms with Gasteiger partial charge in [-0.25, -0.2) is 12.8 Å². The number of rotatable bonds is 14. The summed E-state index contributed by atoms with van der Waals surface area (Å²) in [6, 6.07) is 33.2. The van der Waals surface area contributed by atoms with E-state index in [2.05, 4.69) is 10.0 Å². The van der Waals surface area contributed by atoms with Crippen molar-refractivity contribution in [2.24, 2.45) is 0 Å². The summed E-state index contributed by atoms with van der Waals surface area (Å²) in [5, 5.41) is 3.81. The van der Waals surface area contributed by atoms with E-state index in [1.54, 1.807) is 18.2 Å². The van der Waals surface area contributed by atoms with Crippen LogP contribution in [-0.4, -0.2) is 37.8 Å². The first-order valence-corrected chi connectivity index (χ1v) is 17.4. The molecule has 0 heterocycles. The summed E-state index contributed by atoms with van der Waals surface area (Å²) in [4.78, 5) is 29.2. The number of anilines is 1. The van der Waals surface area contributed by atoms with Crippen molar-refractivity contribution >= 4 is 50.7 Å². The number of benzene rings is 5. The minimum atomic E-state index is -3.97. The largest absolute Gasteiger partial charge is 0.484 e. The van der Waals surface area contributed by atoms with Crippen molar-refractivity contribution in [3.05, 3.63) is 160 Å². The minimum absolute atomic E-state index is 0.0541. The fourth-order valence-electron chi connectivity index (χ4n) is 4.97. The van der Waals surface area contributed by atoms with Crippen molar-refractivity contribution < 1.29 is 27.1 Å². The van der Waals surface area contributed by atoms with E-state index in [9.17, 15) is 22.4 Å². The van der Waals surface area contributed by atoms with Gasteiger partial charge in [0.25, 0.3) is 15.9 Å². The van der Waals surface area contributed by atoms with E-state index >= 15 is 0 Å². The van der Waals surface area contributed by atoms with Gasteiger partial charge in [-0.2, -0.15) is 0 Å². The zero-order valence-electron chi connectivity index (χ0n) is 26.1. The number of ether oxygens (including phenoxy) is 1. The lowest BCUT2D eigenvalue weighted by Gasteiger charge is -2.31. The number of amides is 2. The van der Waals surface area contributed by atoms with Crippen LogP contribution in [0.3, 0.4) is 0 Å². The molecule has 49 heavy (non-hydrogen) atoms. The Kier molecular flexibility index (Phi) is 11.9. The summed E-state index contributed by atoms with van der Waals surface area (Å²) in [7, 11) is -3.97. The first kappa shape index (κ1) is 35.4. The Morgan fingerprint density at radius 2 is 1.43 bits per heavy atom. The Bertz CT molecular complexity index is 1980. The normalized spacial score (nSPS) is 11.7. The van der Waals surface area contributed by atoms with Gasteiger partial charge in [0.05, 0.1) is 4.90 Å². The second-order valence-electron chi connectivity index (χ2n) is 11.0. The average Bonchev–Trinajstić information content (AvgIpc) is 3.10. The Morgan fingerprint density at radius 1 is 0.796 bits per heavy atom. The Labute approximate surface area is 294 Å². The molecule has 0 bridgehead atoms. The van der Waals surface area contributed by atoms with Crippen LogP contribution in [0.2, 0.25) is 10.0 Å². The van der Waals surface area contributed by atoms with Crippen LogP contribution < -0.4 is 14.8 Å². The third-order valence-corrected chi connectivity index (χ3v) is 9.51. The van der Waals surface area contributed by atoms with Gasteiger partial charge < -0.3 is 15.0 Å². The summed E-state index contributed by atoms with van der Waals surface area (Å²) >= 11 is 12.4. The van der Waals surface area contributed by atoms with Crippen molar-refractivity contribution in [1.29, 1.82) is 0 Å². The maximum atomic E-state index is 13.9. The molecule has 0 radical (unpaired) electrons. The molecule has 252 valence electrons. The fraction of sp³-hybridized carbons (Fsp3) is 0.135. The van der Waals surface area contributed by atoms with E-state index in [-0.39, 0.29) is 41.7 Å². The number of hydrogen-bond donors (Lipinski definition) is 2. The van der Waals surface area contributed by atoms with Crippen molar-refractivity contribution in [3.63, 3.8) is 0 Å². The first-order chi connectivity index (χ1) is 23.6. The molecule has 0 saturated heterocycles. The summed E-state index contributed by atoms with van der Waals surface area (Å²) in [5.74, 6) is -1.09. The summed E-state index contributed by atoms with van der Waals surface area (Å²) in [6.07, 6.45) is 0.229. The highest BCUT2D eigenvalue weighted by molar-refractivity contribution is 7.92. The lowest BCUT2D eigenvalue weighted by molar-refractivity contribution is -0.142. The van der Waals surface area contributed by atoms with Crippen molar-refractivity contribution in [3.8, 4) is 5.75 Å². The van der Waals surface area contributed by atoms with Gasteiger partial charge in [0, 0.05) is 35.2 Å². The van der Waals surface area contributed by atoms with Crippen LogP contribution in [-0.2, 0) is 39.1 Å². The Hall–Kier alpha value is -4.90. The molecule has 5 aromatic rings. The summed E-state index contributed by atoms with van der Waals surface area (Å²) < 4.78 is 47.1. The number of hydrogen-bond acceptors (Lipinski definition) is 5. The summed E-state index contributed by atoms with van der Waals surface area (Å²) in [6.45, 7) is -0.175. The molecule has 5 aromatic carbocycles. The number of halogens is 3. The van der Waals surface area contributed by atoms with Gasteiger partial charge in [-0.05, 0) is 77.4 Å². The van der Waals surface area contributed by atoms with Crippen LogP contribution in [0.25, 0.3) is 0 Å². The quantitative estimate of drug-likeness (QED) is 0.126. The highest BCUT2D eigenvalue weighted by atomic mass is 35.5. The fourth-order valence-corrected chi connectivity index (χ4v) is 6.51. The van der Waals surface area contributed by atoms with E-state index in [1.807, 2.05) is 60.7 Å². The molecule has 5 rings (SSSR count). The van der Waals surface area contributed by atoms with Gasteiger partial charge in [0.15, 0.2) is 6.61 Å². The predicted molar refractivity (Wildman–Crippen MR) is 188 cm³/mol. The van der Waals surface area contributed by atoms with Gasteiger partial charge in [-0.1, -0.05) is 89.9 Å². The van der Waals surface area contributed by atoms with Gasteiger partial charge >= 0.3 is 0 Å². The molecule has 2 amide bonds. The average molecular weight is 721 g/mol. The van der Waals surface area contributed by atoms with Gasteiger partial charge in [0.2, 0.25) is 5.91 Å². The van der Waals surface area contributed by atoms with E-state index in [1.165, 1.54) is 41.3 Å². The lowest BCUT2D eigenvalue weighted by Crippen LogP contribution is -2.51. The van der Waals surface area contributed by atoms with Crippen LogP contribution in [0.4, 0.5) is 10.1 Å². The van der Waals surface area contributed by atoms with Crippen molar-refractivity contribution in [2.45, 2.75) is 30.4 Å². The zero-order valence-corrected chi connectivity index (χ0v) is 28.4. The highest BCUT2D eigenvalue weighted by Crippen LogP contribution is 2.23. The van der Waals surface area contributed by atoms with E-state index < -0.39 is 34.4 Å². The van der Waals surface area contributed by atoms with Crippen LogP contribution >= 0.6 is 23.2 Å². The molecule has 0 unspecified atom stereocenters. The number of sulfonamides is 1. The number of carbonyl (C=O) groups is 2. The molecule has 2 N–H and O–H groups in total. The zero-order chi connectivity index (χ0) is 34.8. The molecule has 0 spiro atoms. The minimum Gasteiger partial charge on any atom is -0.484 e. The first-order valence-electron chi connectivity index (χ1n) is 15.2. The van der Waals surface area contributed by atoms with E-state index in [0.29, 0.717) is 15.6 Å². The van der Waals surface area contributed by atoms with Crippen LogP contribution in [0.15, 0.2) is 132 Å². The molecule has 0 aliphatic rings. The van der Waals surface area contributed by atoms with E-state index in [4.69, 9.17) is 27.9 Å². The molecule has 1 atom stereocenters. The van der Waals surface area contributed by atoms with Gasteiger partial charge in [-0.15, -0.1) is 0 Å². The highest BCUT2D eigenvalue weighted by Gasteiger charge is 2.31. The van der Waals surface area contributed by atoms with Crippen LogP contribution in [0.5, 0.6) is 5.75 Å². The molecular formula is C37H32Cl2FN3O5S. The third kappa shape index (κ3) is 10.1. The molecular weight excluding hydrogens is 688 g/mol. The predicted octanol–water partition coefficient (Wildman–Crippen LogP) is 7.27. The molecule has 12 heteroatoms. The van der Waals surface area contributed by atoms with Crippen LogP contribution in [0, 0.1) is 5.82 Å². The smallest absolute Gasteiger partial charge is 0.261 e. The Morgan fingerprint density at radius 3 is 2.06 bits per heavy atom. The monoisotopic (exact) mass is 719 g/mol. The Balaban J connectivity index is 1.34. The second-order valence-corrected chi connectivity index (χ2v) is 13.6. The van der Waals surface area contributed by atoms with E-state index in [0.717, 1.165) is 23.3 Å². The molecule has 0 aromatic heterocycles. The number of carbonyl (C=O) groups excluding carboxylic acids is 2. The standard InChI is InChI=1S/C37H32Cl2FN3O5S/c38-29-12-11-28(34(39)22-29)23-41-37(45)35(21-26-7-3-1-4-8-26)43(24-27-9-5-2-6-10-27)36(44)25-48-32-17-19-33(20-18-32)49(46,47)42-31-15-13-30(40)14-16-31/h1-20,22,35,42H,21,23-25H2,(H,41,45)/t35-/m1/s1. The topological polar surface area (TPSA) is 105 Å². The molecule has 0 saturated carbocycles.